The van der Waals surface area contributed by atoms with E-state index in [1.165, 1.54) is 0 Å². The summed E-state index contributed by atoms with van der Waals surface area (Å²) in [5.41, 5.74) is 6.95. The molecular weight excluding hydrogens is 288 g/mol. The summed E-state index contributed by atoms with van der Waals surface area (Å²) < 4.78 is 0. The van der Waals surface area contributed by atoms with Gasteiger partial charge in [-0.15, -0.1) is 0 Å². The van der Waals surface area contributed by atoms with Gasteiger partial charge in [0.2, 0.25) is 5.91 Å². The maximum atomic E-state index is 12.5. The minimum atomic E-state index is -0.342. The van der Waals surface area contributed by atoms with Crippen molar-refractivity contribution in [2.45, 2.75) is 26.7 Å². The normalized spacial score (nSPS) is 21.9. The number of rotatable bonds is 3. The first-order chi connectivity index (χ1) is 9.81. The number of carbonyl (C=O) groups excluding carboxylic acids is 2. The van der Waals surface area contributed by atoms with Gasteiger partial charge in [-0.3, -0.25) is 9.59 Å². The first kappa shape index (κ1) is 15.8. The molecule has 1 aliphatic rings. The third-order valence-electron chi connectivity index (χ3n) is 4.13. The Bertz CT molecular complexity index is 571. The predicted molar refractivity (Wildman–Crippen MR) is 83.3 cm³/mol. The lowest BCUT2D eigenvalue weighted by Gasteiger charge is -2.17. The van der Waals surface area contributed by atoms with E-state index in [-0.39, 0.29) is 23.7 Å². The number of likely N-dealkylation sites (tertiary alicyclic amines) is 1. The molecule has 2 amide bonds. The van der Waals surface area contributed by atoms with Crippen molar-refractivity contribution in [3.05, 3.63) is 34.3 Å². The highest BCUT2D eigenvalue weighted by atomic mass is 35.5. The SMILES string of the molecule is CC(C)c1ccc(C(=O)N2C[C@@H](C)[C@H](C(N)=O)C2)cc1Cl. The van der Waals surface area contributed by atoms with Crippen LogP contribution in [0.4, 0.5) is 0 Å². The van der Waals surface area contributed by atoms with Crippen molar-refractivity contribution in [3.8, 4) is 0 Å². The molecule has 1 aliphatic heterocycles. The minimum absolute atomic E-state index is 0.0943. The zero-order valence-corrected chi connectivity index (χ0v) is 13.4. The topological polar surface area (TPSA) is 63.4 Å². The van der Waals surface area contributed by atoms with Gasteiger partial charge in [0.1, 0.15) is 0 Å². The summed E-state index contributed by atoms with van der Waals surface area (Å²) in [6.07, 6.45) is 0. The molecule has 0 saturated carbocycles. The van der Waals surface area contributed by atoms with Gasteiger partial charge in [0, 0.05) is 23.7 Å². The number of halogens is 1. The molecule has 2 rings (SSSR count). The zero-order chi connectivity index (χ0) is 15.7. The van der Waals surface area contributed by atoms with Crippen molar-refractivity contribution in [2.75, 3.05) is 13.1 Å². The second kappa shape index (κ2) is 6.06. The summed E-state index contributed by atoms with van der Waals surface area (Å²) in [5, 5.41) is 0.606. The third-order valence-corrected chi connectivity index (χ3v) is 4.46. The van der Waals surface area contributed by atoms with E-state index < -0.39 is 0 Å². The van der Waals surface area contributed by atoms with Crippen molar-refractivity contribution < 1.29 is 9.59 Å². The molecule has 21 heavy (non-hydrogen) atoms. The molecule has 1 saturated heterocycles. The second-order valence-electron chi connectivity index (χ2n) is 6.09. The minimum Gasteiger partial charge on any atom is -0.369 e. The van der Waals surface area contributed by atoms with Gasteiger partial charge >= 0.3 is 0 Å². The Kier molecular flexibility index (Phi) is 4.57. The molecule has 1 heterocycles. The van der Waals surface area contributed by atoms with Gasteiger partial charge in [-0.2, -0.15) is 0 Å². The number of hydrogen-bond donors (Lipinski definition) is 1. The van der Waals surface area contributed by atoms with E-state index in [0.717, 1.165) is 5.56 Å². The quantitative estimate of drug-likeness (QED) is 0.933. The van der Waals surface area contributed by atoms with Crippen molar-refractivity contribution in [1.29, 1.82) is 0 Å². The highest BCUT2D eigenvalue weighted by molar-refractivity contribution is 6.31. The van der Waals surface area contributed by atoms with Crippen LogP contribution in [0.15, 0.2) is 18.2 Å². The van der Waals surface area contributed by atoms with Crippen LogP contribution in [0.25, 0.3) is 0 Å². The summed E-state index contributed by atoms with van der Waals surface area (Å²) in [6.45, 7) is 7.00. The predicted octanol–water partition coefficient (Wildman–Crippen LogP) is 2.66. The van der Waals surface area contributed by atoms with E-state index in [0.29, 0.717) is 29.6 Å². The molecule has 0 aromatic heterocycles. The largest absolute Gasteiger partial charge is 0.369 e. The van der Waals surface area contributed by atoms with Crippen LogP contribution in [-0.4, -0.2) is 29.8 Å². The van der Waals surface area contributed by atoms with Gasteiger partial charge in [0.15, 0.2) is 0 Å². The Labute approximate surface area is 130 Å². The van der Waals surface area contributed by atoms with Crippen LogP contribution in [0, 0.1) is 11.8 Å². The van der Waals surface area contributed by atoms with E-state index in [1.807, 2.05) is 13.0 Å². The van der Waals surface area contributed by atoms with Gasteiger partial charge in [0.05, 0.1) is 5.92 Å². The Morgan fingerprint density at radius 2 is 2.00 bits per heavy atom. The smallest absolute Gasteiger partial charge is 0.253 e. The zero-order valence-electron chi connectivity index (χ0n) is 12.6. The van der Waals surface area contributed by atoms with Crippen LogP contribution in [0.5, 0.6) is 0 Å². The molecule has 1 aromatic rings. The molecule has 1 aromatic carbocycles. The van der Waals surface area contributed by atoms with Gasteiger partial charge < -0.3 is 10.6 Å². The number of nitrogens with zero attached hydrogens (tertiary/aromatic N) is 1. The van der Waals surface area contributed by atoms with Crippen molar-refractivity contribution in [3.63, 3.8) is 0 Å². The second-order valence-corrected chi connectivity index (χ2v) is 6.49. The average Bonchev–Trinajstić information content (AvgIpc) is 2.79. The fourth-order valence-electron chi connectivity index (χ4n) is 2.81. The Morgan fingerprint density at radius 1 is 1.33 bits per heavy atom. The Hall–Kier alpha value is -1.55. The molecule has 0 spiro atoms. The average molecular weight is 309 g/mol. The lowest BCUT2D eigenvalue weighted by Crippen LogP contribution is -2.32. The Morgan fingerprint density at radius 3 is 2.48 bits per heavy atom. The molecule has 2 N–H and O–H groups in total. The number of primary amides is 1. The maximum Gasteiger partial charge on any atom is 0.253 e. The monoisotopic (exact) mass is 308 g/mol. The summed E-state index contributed by atoms with van der Waals surface area (Å²) in [7, 11) is 0. The van der Waals surface area contributed by atoms with Crippen LogP contribution >= 0.6 is 11.6 Å². The first-order valence-electron chi connectivity index (χ1n) is 7.19. The molecular formula is C16H21ClN2O2. The molecule has 2 atom stereocenters. The van der Waals surface area contributed by atoms with Crippen LogP contribution < -0.4 is 5.73 Å². The van der Waals surface area contributed by atoms with E-state index >= 15 is 0 Å². The third kappa shape index (κ3) is 3.21. The van der Waals surface area contributed by atoms with E-state index in [9.17, 15) is 9.59 Å². The summed E-state index contributed by atoms with van der Waals surface area (Å²) in [4.78, 5) is 25.5. The number of amides is 2. The molecule has 0 radical (unpaired) electrons. The lowest BCUT2D eigenvalue weighted by molar-refractivity contribution is -0.122. The van der Waals surface area contributed by atoms with Gasteiger partial charge in [0.25, 0.3) is 5.91 Å². The fourth-order valence-corrected chi connectivity index (χ4v) is 3.21. The fraction of sp³-hybridized carbons (Fsp3) is 0.500. The summed E-state index contributed by atoms with van der Waals surface area (Å²) >= 11 is 6.24. The molecule has 0 bridgehead atoms. The van der Waals surface area contributed by atoms with E-state index in [4.69, 9.17) is 17.3 Å². The summed E-state index contributed by atoms with van der Waals surface area (Å²) in [6, 6.07) is 5.40. The van der Waals surface area contributed by atoms with E-state index in [1.54, 1.807) is 17.0 Å². The van der Waals surface area contributed by atoms with Crippen LogP contribution in [0.2, 0.25) is 5.02 Å². The van der Waals surface area contributed by atoms with Gasteiger partial charge in [-0.1, -0.05) is 38.4 Å². The number of benzene rings is 1. The molecule has 0 aliphatic carbocycles. The molecule has 1 fully saturated rings. The van der Waals surface area contributed by atoms with Crippen LogP contribution in [0.3, 0.4) is 0 Å². The number of nitrogens with two attached hydrogens (primary N) is 1. The van der Waals surface area contributed by atoms with Crippen LogP contribution in [-0.2, 0) is 4.79 Å². The highest BCUT2D eigenvalue weighted by Crippen LogP contribution is 2.28. The van der Waals surface area contributed by atoms with E-state index in [2.05, 4.69) is 13.8 Å². The standard InChI is InChI=1S/C16H21ClN2O2/c1-9(2)12-5-4-11(6-14(12)17)16(21)19-7-10(3)13(8-19)15(18)20/h4-6,9-10,13H,7-8H2,1-3H3,(H2,18,20)/t10-,13-/m1/s1. The van der Waals surface area contributed by atoms with Gasteiger partial charge in [-0.25, -0.2) is 0 Å². The van der Waals surface area contributed by atoms with Crippen molar-refractivity contribution in [2.24, 2.45) is 17.6 Å². The van der Waals surface area contributed by atoms with Crippen LogP contribution in [0.1, 0.15) is 42.6 Å². The van der Waals surface area contributed by atoms with Crippen molar-refractivity contribution >= 4 is 23.4 Å². The molecule has 5 heteroatoms. The summed E-state index contributed by atoms with van der Waals surface area (Å²) in [5.74, 6) is -0.294. The molecule has 4 nitrogen and oxygen atoms in total. The number of hydrogen-bond acceptors (Lipinski definition) is 2. The number of carbonyl (C=O) groups is 2. The van der Waals surface area contributed by atoms with Gasteiger partial charge in [-0.05, 0) is 29.5 Å². The first-order valence-corrected chi connectivity index (χ1v) is 7.57. The van der Waals surface area contributed by atoms with Crippen molar-refractivity contribution in [1.82, 2.24) is 4.90 Å². The molecule has 0 unspecified atom stereocenters. The Balaban J connectivity index is 2.18. The highest BCUT2D eigenvalue weighted by Gasteiger charge is 2.36. The molecule has 114 valence electrons. The maximum absolute atomic E-state index is 12.5. The lowest BCUT2D eigenvalue weighted by atomic mass is 9.98.